The lowest BCUT2D eigenvalue weighted by atomic mass is 10.2. The Labute approximate surface area is 93.4 Å². The van der Waals surface area contributed by atoms with Crippen molar-refractivity contribution in [1.29, 1.82) is 0 Å². The van der Waals surface area contributed by atoms with Gasteiger partial charge in [-0.25, -0.2) is 0 Å². The molecule has 0 saturated carbocycles. The molecule has 78 valence electrons. The van der Waals surface area contributed by atoms with E-state index in [2.05, 4.69) is 20.7 Å². The van der Waals surface area contributed by atoms with Gasteiger partial charge in [0.25, 0.3) is 0 Å². The van der Waals surface area contributed by atoms with Crippen LogP contribution in [0.3, 0.4) is 0 Å². The molecule has 14 heavy (non-hydrogen) atoms. The number of methoxy groups -OCH3 is 1. The second-order valence-electron chi connectivity index (χ2n) is 2.38. The number of rotatable bonds is 2. The Balaban J connectivity index is 0.000000791. The van der Waals surface area contributed by atoms with Crippen molar-refractivity contribution in [3.63, 3.8) is 0 Å². The van der Waals surface area contributed by atoms with E-state index in [4.69, 9.17) is 0 Å². The molecular formula is C11H15BrO2. The van der Waals surface area contributed by atoms with Crippen LogP contribution in [0.25, 0.3) is 0 Å². The van der Waals surface area contributed by atoms with E-state index in [-0.39, 0.29) is 5.97 Å². The van der Waals surface area contributed by atoms with Gasteiger partial charge in [0.1, 0.15) is 0 Å². The Morgan fingerprint density at radius 1 is 1.43 bits per heavy atom. The maximum Gasteiger partial charge on any atom is 0.309 e. The quantitative estimate of drug-likeness (QED) is 0.762. The fourth-order valence-corrected chi connectivity index (χ4v) is 1.33. The number of hydrogen-bond acceptors (Lipinski definition) is 2. The SMILES string of the molecule is CC.COC(=O)Cc1cccc(Br)c1. The van der Waals surface area contributed by atoms with E-state index in [1.807, 2.05) is 38.1 Å². The standard InChI is InChI=1S/C9H9BrO2.C2H6/c1-12-9(11)6-7-3-2-4-8(10)5-7;1-2/h2-5H,6H2,1H3;1-2H3. The molecule has 1 aromatic carbocycles. The van der Waals surface area contributed by atoms with E-state index in [1.165, 1.54) is 7.11 Å². The van der Waals surface area contributed by atoms with Gasteiger partial charge in [-0.3, -0.25) is 4.79 Å². The van der Waals surface area contributed by atoms with Crippen LogP contribution in [0, 0.1) is 0 Å². The van der Waals surface area contributed by atoms with Gasteiger partial charge in [-0.15, -0.1) is 0 Å². The molecule has 0 heterocycles. The molecule has 0 amide bonds. The Kier molecular flexibility index (Phi) is 7.11. The molecule has 0 unspecified atom stereocenters. The fourth-order valence-electron chi connectivity index (χ4n) is 0.886. The minimum Gasteiger partial charge on any atom is -0.469 e. The predicted molar refractivity (Wildman–Crippen MR) is 61.2 cm³/mol. The predicted octanol–water partition coefficient (Wildman–Crippen LogP) is 3.19. The van der Waals surface area contributed by atoms with Crippen molar-refractivity contribution in [2.75, 3.05) is 7.11 Å². The number of carbonyl (C=O) groups is 1. The van der Waals surface area contributed by atoms with Gasteiger partial charge in [0.05, 0.1) is 13.5 Å². The van der Waals surface area contributed by atoms with Crippen molar-refractivity contribution < 1.29 is 9.53 Å². The summed E-state index contributed by atoms with van der Waals surface area (Å²) in [6.07, 6.45) is 0.329. The molecule has 1 aromatic rings. The zero-order valence-electron chi connectivity index (χ0n) is 8.71. The van der Waals surface area contributed by atoms with Gasteiger partial charge in [-0.1, -0.05) is 41.9 Å². The molecule has 0 aliphatic rings. The molecule has 0 spiro atoms. The molecule has 1 rings (SSSR count). The van der Waals surface area contributed by atoms with E-state index in [0.717, 1.165) is 10.0 Å². The maximum absolute atomic E-state index is 10.9. The molecule has 0 bridgehead atoms. The van der Waals surface area contributed by atoms with Gasteiger partial charge < -0.3 is 4.74 Å². The van der Waals surface area contributed by atoms with E-state index < -0.39 is 0 Å². The highest BCUT2D eigenvalue weighted by atomic mass is 79.9. The third kappa shape index (κ3) is 5.02. The Morgan fingerprint density at radius 3 is 2.57 bits per heavy atom. The second-order valence-corrected chi connectivity index (χ2v) is 3.30. The number of halogens is 1. The van der Waals surface area contributed by atoms with E-state index >= 15 is 0 Å². The highest BCUT2D eigenvalue weighted by molar-refractivity contribution is 9.10. The molecule has 0 aromatic heterocycles. The van der Waals surface area contributed by atoms with Crippen molar-refractivity contribution >= 4 is 21.9 Å². The van der Waals surface area contributed by atoms with E-state index in [1.54, 1.807) is 0 Å². The van der Waals surface area contributed by atoms with Crippen LogP contribution < -0.4 is 0 Å². The molecule has 0 aliphatic heterocycles. The van der Waals surface area contributed by atoms with Gasteiger partial charge in [-0.05, 0) is 17.7 Å². The normalized spacial score (nSPS) is 8.57. The summed E-state index contributed by atoms with van der Waals surface area (Å²) in [6, 6.07) is 7.60. The van der Waals surface area contributed by atoms with Crippen molar-refractivity contribution in [3.05, 3.63) is 34.3 Å². The molecule has 0 fully saturated rings. The zero-order chi connectivity index (χ0) is 11.0. The lowest BCUT2D eigenvalue weighted by Crippen LogP contribution is -2.03. The van der Waals surface area contributed by atoms with Crippen molar-refractivity contribution in [2.24, 2.45) is 0 Å². The number of esters is 1. The summed E-state index contributed by atoms with van der Waals surface area (Å²) in [5, 5.41) is 0. The van der Waals surface area contributed by atoms with Crippen LogP contribution in [0.5, 0.6) is 0 Å². The molecule has 0 atom stereocenters. The van der Waals surface area contributed by atoms with Crippen LogP contribution >= 0.6 is 15.9 Å². The number of ether oxygens (including phenoxy) is 1. The van der Waals surface area contributed by atoms with Crippen molar-refractivity contribution in [3.8, 4) is 0 Å². The largest absolute Gasteiger partial charge is 0.469 e. The minimum absolute atomic E-state index is 0.215. The summed E-state index contributed by atoms with van der Waals surface area (Å²) in [7, 11) is 1.39. The Bertz CT molecular complexity index is 284. The molecule has 0 aliphatic carbocycles. The summed E-state index contributed by atoms with van der Waals surface area (Å²) < 4.78 is 5.52. The van der Waals surface area contributed by atoms with Gasteiger partial charge in [0, 0.05) is 4.47 Å². The molecule has 2 nitrogen and oxygen atoms in total. The first kappa shape index (κ1) is 13.2. The Morgan fingerprint density at radius 2 is 2.07 bits per heavy atom. The summed E-state index contributed by atoms with van der Waals surface area (Å²) >= 11 is 3.32. The topological polar surface area (TPSA) is 26.3 Å². The van der Waals surface area contributed by atoms with Gasteiger partial charge in [0.15, 0.2) is 0 Å². The second kappa shape index (κ2) is 7.56. The van der Waals surface area contributed by atoms with E-state index in [9.17, 15) is 4.79 Å². The fraction of sp³-hybridized carbons (Fsp3) is 0.364. The first-order valence-electron chi connectivity index (χ1n) is 4.53. The van der Waals surface area contributed by atoms with Crippen LogP contribution in [0.15, 0.2) is 28.7 Å². The highest BCUT2D eigenvalue weighted by Gasteiger charge is 2.01. The molecule has 0 saturated heterocycles. The average molecular weight is 259 g/mol. The van der Waals surface area contributed by atoms with Crippen LogP contribution in [-0.2, 0) is 16.0 Å². The summed E-state index contributed by atoms with van der Waals surface area (Å²) in [4.78, 5) is 10.9. The average Bonchev–Trinajstić information content (AvgIpc) is 2.21. The summed E-state index contributed by atoms with van der Waals surface area (Å²) in [6.45, 7) is 4.00. The van der Waals surface area contributed by atoms with Crippen LogP contribution in [0.1, 0.15) is 19.4 Å². The lowest BCUT2D eigenvalue weighted by Gasteiger charge is -1.99. The smallest absolute Gasteiger partial charge is 0.309 e. The molecule has 0 radical (unpaired) electrons. The molecule has 3 heteroatoms. The third-order valence-electron chi connectivity index (χ3n) is 1.47. The maximum atomic E-state index is 10.9. The van der Waals surface area contributed by atoms with Gasteiger partial charge in [-0.2, -0.15) is 0 Å². The Hall–Kier alpha value is -0.830. The first-order valence-corrected chi connectivity index (χ1v) is 5.33. The number of benzene rings is 1. The van der Waals surface area contributed by atoms with Crippen LogP contribution in [0.2, 0.25) is 0 Å². The molecule has 0 N–H and O–H groups in total. The number of hydrogen-bond donors (Lipinski definition) is 0. The first-order chi connectivity index (χ1) is 6.72. The van der Waals surface area contributed by atoms with Crippen LogP contribution in [0.4, 0.5) is 0 Å². The number of carbonyl (C=O) groups excluding carboxylic acids is 1. The highest BCUT2D eigenvalue weighted by Crippen LogP contribution is 2.12. The van der Waals surface area contributed by atoms with Crippen LogP contribution in [-0.4, -0.2) is 13.1 Å². The van der Waals surface area contributed by atoms with Crippen molar-refractivity contribution in [2.45, 2.75) is 20.3 Å². The summed E-state index contributed by atoms with van der Waals surface area (Å²) in [5.41, 5.74) is 0.955. The monoisotopic (exact) mass is 258 g/mol. The van der Waals surface area contributed by atoms with Gasteiger partial charge in [0.2, 0.25) is 0 Å². The third-order valence-corrected chi connectivity index (χ3v) is 1.96. The molecular weight excluding hydrogens is 244 g/mol. The zero-order valence-corrected chi connectivity index (χ0v) is 10.3. The summed E-state index contributed by atoms with van der Waals surface area (Å²) in [5.74, 6) is -0.215. The van der Waals surface area contributed by atoms with Crippen molar-refractivity contribution in [1.82, 2.24) is 0 Å². The lowest BCUT2D eigenvalue weighted by molar-refractivity contribution is -0.139. The minimum atomic E-state index is -0.215. The van der Waals surface area contributed by atoms with E-state index in [0.29, 0.717) is 6.42 Å². The van der Waals surface area contributed by atoms with Gasteiger partial charge >= 0.3 is 5.97 Å².